The van der Waals surface area contributed by atoms with E-state index < -0.39 is 6.10 Å². The summed E-state index contributed by atoms with van der Waals surface area (Å²) in [5.74, 6) is -0.125. The van der Waals surface area contributed by atoms with Crippen LogP contribution >= 0.6 is 24.4 Å². The number of likely N-dealkylation sites (N-methyl/N-ethyl adjacent to an activating group) is 2. The van der Waals surface area contributed by atoms with Crippen LogP contribution in [-0.4, -0.2) is 103 Å². The molecule has 0 spiro atoms. The Morgan fingerprint density at radius 1 is 0.744 bits per heavy atom. The zero-order valence-corrected chi connectivity index (χ0v) is 26.7. The number of aliphatic hydroxyl groups excluding tert-OH is 2. The van der Waals surface area contributed by atoms with Crippen LogP contribution in [0.4, 0.5) is 4.79 Å². The lowest BCUT2D eigenvalue weighted by molar-refractivity contribution is -0.126. The summed E-state index contributed by atoms with van der Waals surface area (Å²) in [5.41, 5.74) is -0.148. The van der Waals surface area contributed by atoms with E-state index in [0.29, 0.717) is 32.4 Å². The Morgan fingerprint density at radius 3 is 1.64 bits per heavy atom. The number of hydrogen-bond donors (Lipinski definition) is 2. The van der Waals surface area contributed by atoms with Crippen LogP contribution in [-0.2, 0) is 4.79 Å². The quantitative estimate of drug-likeness (QED) is 0.175. The Bertz CT molecular complexity index is 798. The Hall–Kier alpha value is -1.36. The molecule has 8 nitrogen and oxygen atoms in total. The molecule has 2 unspecified atom stereocenters. The minimum Gasteiger partial charge on any atom is -0.393 e. The van der Waals surface area contributed by atoms with E-state index in [2.05, 4.69) is 44.4 Å². The van der Waals surface area contributed by atoms with Gasteiger partial charge in [-0.3, -0.25) is 9.69 Å². The van der Waals surface area contributed by atoms with E-state index in [0.717, 1.165) is 68.3 Å². The first kappa shape index (κ1) is 33.8. The fourth-order valence-corrected chi connectivity index (χ4v) is 6.25. The number of aliphatic hydroxyl groups is 2. The lowest BCUT2D eigenvalue weighted by atomic mass is 9.85. The molecular weight excluding hydrogens is 532 g/mol. The number of nitrogens with zero attached hydrogens (tertiary/aromatic N) is 4. The van der Waals surface area contributed by atoms with Gasteiger partial charge in [-0.1, -0.05) is 52.8 Å². The van der Waals surface area contributed by atoms with Gasteiger partial charge >= 0.3 is 6.03 Å². The zero-order valence-electron chi connectivity index (χ0n) is 25.1. The normalized spacial score (nSPS) is 18.7. The van der Waals surface area contributed by atoms with Gasteiger partial charge in [0.15, 0.2) is 5.11 Å². The summed E-state index contributed by atoms with van der Waals surface area (Å²) in [6, 6.07) is -0.194. The molecule has 0 aromatic rings. The molecule has 10 heteroatoms. The standard InChI is InChI=1S/C29H52N4O4S2/c1-7-30-18-24(36)32(26(30)37)20-28(3,4)16-10-14-22(34)12-9-13-23(35)15-11-17-29(5,6)21-33-25(38)19-31(8-2)27(33)39/h22-23,34-35H,7-21H2,1-6H3. The van der Waals surface area contributed by atoms with Crippen LogP contribution in [0, 0.1) is 10.8 Å². The molecule has 2 aliphatic rings. The number of imide groups is 1. The van der Waals surface area contributed by atoms with E-state index in [1.807, 2.05) is 6.92 Å². The van der Waals surface area contributed by atoms with Crippen molar-refractivity contribution >= 4 is 46.5 Å². The largest absolute Gasteiger partial charge is 0.393 e. The predicted molar refractivity (Wildman–Crippen MR) is 165 cm³/mol. The minimum atomic E-state index is -0.395. The fourth-order valence-electron chi connectivity index (χ4n) is 5.52. The van der Waals surface area contributed by atoms with Gasteiger partial charge in [0.05, 0.1) is 18.8 Å². The zero-order chi connectivity index (χ0) is 29.4. The van der Waals surface area contributed by atoms with Crippen molar-refractivity contribution in [2.24, 2.45) is 10.8 Å². The molecule has 2 aliphatic heterocycles. The predicted octanol–water partition coefficient (Wildman–Crippen LogP) is 4.81. The number of carbonyl (C=O) groups is 2. The Morgan fingerprint density at radius 2 is 1.21 bits per heavy atom. The van der Waals surface area contributed by atoms with Crippen molar-refractivity contribution < 1.29 is 19.8 Å². The second kappa shape index (κ2) is 15.0. The molecule has 2 N–H and O–H groups in total. The molecule has 2 rings (SSSR count). The average Bonchev–Trinajstić information content (AvgIpc) is 3.27. The third-order valence-electron chi connectivity index (χ3n) is 8.05. The molecule has 0 aliphatic carbocycles. The first-order valence-corrected chi connectivity index (χ1v) is 15.6. The molecule has 2 heterocycles. The molecule has 0 aromatic carbocycles. The van der Waals surface area contributed by atoms with Gasteiger partial charge in [0.2, 0.25) is 5.91 Å². The van der Waals surface area contributed by atoms with Gasteiger partial charge in [0.25, 0.3) is 0 Å². The van der Waals surface area contributed by atoms with E-state index in [1.54, 1.807) is 4.90 Å². The highest BCUT2D eigenvalue weighted by atomic mass is 32.1. The maximum absolute atomic E-state index is 12.4. The Labute approximate surface area is 247 Å². The van der Waals surface area contributed by atoms with E-state index in [9.17, 15) is 19.8 Å². The molecule has 0 bridgehead atoms. The Balaban J connectivity index is 1.59. The molecule has 39 heavy (non-hydrogen) atoms. The minimum absolute atomic E-state index is 0.0479. The molecule has 3 amide bonds. The summed E-state index contributed by atoms with van der Waals surface area (Å²) >= 11 is 11.1. The second-order valence-electron chi connectivity index (χ2n) is 12.9. The summed E-state index contributed by atoms with van der Waals surface area (Å²) in [7, 11) is 0. The van der Waals surface area contributed by atoms with Crippen LogP contribution in [0.15, 0.2) is 0 Å². The van der Waals surface area contributed by atoms with Gasteiger partial charge in [0, 0.05) is 26.2 Å². The summed E-state index contributed by atoms with van der Waals surface area (Å²) in [6.07, 6.45) is 6.45. The number of rotatable bonds is 18. The number of carbonyl (C=O) groups excluding carboxylic acids is 2. The van der Waals surface area contributed by atoms with Crippen LogP contribution in [0.2, 0.25) is 0 Å². The molecule has 2 fully saturated rings. The van der Waals surface area contributed by atoms with Crippen LogP contribution in [0.5, 0.6) is 0 Å². The van der Waals surface area contributed by atoms with Crippen molar-refractivity contribution in [2.75, 3.05) is 39.3 Å². The number of amides is 3. The van der Waals surface area contributed by atoms with Crippen molar-refractivity contribution in [2.45, 2.75) is 112 Å². The van der Waals surface area contributed by atoms with Gasteiger partial charge in [-0.15, -0.1) is 0 Å². The lowest BCUT2D eigenvalue weighted by Gasteiger charge is -2.31. The van der Waals surface area contributed by atoms with Crippen LogP contribution < -0.4 is 0 Å². The third-order valence-corrected chi connectivity index (χ3v) is 8.88. The SMILES string of the molecule is CCN1CC(=O)N(CC(C)(C)CCCC(O)CCCC(O)CCCC(C)(C)CN2C(=S)CN(CC)C2=S)C1=O. The number of hydrogen-bond acceptors (Lipinski definition) is 6. The van der Waals surface area contributed by atoms with Gasteiger partial charge in [-0.05, 0) is 81.8 Å². The maximum Gasteiger partial charge on any atom is 0.327 e. The van der Waals surface area contributed by atoms with E-state index >= 15 is 0 Å². The fraction of sp³-hybridized carbons (Fsp3) is 0.862. The second-order valence-corrected chi connectivity index (χ2v) is 13.7. The Kier molecular flexibility index (Phi) is 13.0. The molecule has 0 saturated carbocycles. The van der Waals surface area contributed by atoms with Gasteiger partial charge < -0.3 is 24.9 Å². The number of thiocarbonyl (C=S) groups is 2. The smallest absolute Gasteiger partial charge is 0.327 e. The third kappa shape index (κ3) is 10.5. The van der Waals surface area contributed by atoms with Crippen LogP contribution in [0.25, 0.3) is 0 Å². The molecule has 0 aromatic heterocycles. The van der Waals surface area contributed by atoms with Crippen LogP contribution in [0.3, 0.4) is 0 Å². The highest BCUT2D eigenvalue weighted by Crippen LogP contribution is 2.29. The number of urea groups is 1. The van der Waals surface area contributed by atoms with Crippen molar-refractivity contribution in [3.05, 3.63) is 0 Å². The molecule has 0 radical (unpaired) electrons. The molecule has 2 atom stereocenters. The highest BCUT2D eigenvalue weighted by molar-refractivity contribution is 7.82. The summed E-state index contributed by atoms with van der Waals surface area (Å²) in [4.78, 5) is 32.6. The topological polar surface area (TPSA) is 87.6 Å². The highest BCUT2D eigenvalue weighted by Gasteiger charge is 2.38. The molecular formula is C29H52N4O4S2. The lowest BCUT2D eigenvalue weighted by Crippen LogP contribution is -2.39. The van der Waals surface area contributed by atoms with Crippen molar-refractivity contribution in [1.82, 2.24) is 19.6 Å². The van der Waals surface area contributed by atoms with Crippen molar-refractivity contribution in [3.8, 4) is 0 Å². The molecule has 224 valence electrons. The van der Waals surface area contributed by atoms with Crippen molar-refractivity contribution in [3.63, 3.8) is 0 Å². The van der Waals surface area contributed by atoms with Gasteiger partial charge in [0.1, 0.15) is 11.5 Å². The monoisotopic (exact) mass is 584 g/mol. The van der Waals surface area contributed by atoms with E-state index in [-0.39, 0.29) is 35.4 Å². The van der Waals surface area contributed by atoms with Crippen LogP contribution in [0.1, 0.15) is 99.3 Å². The first-order chi connectivity index (χ1) is 18.2. The average molecular weight is 585 g/mol. The summed E-state index contributed by atoms with van der Waals surface area (Å²) < 4.78 is 0. The summed E-state index contributed by atoms with van der Waals surface area (Å²) in [5, 5.41) is 21.8. The maximum atomic E-state index is 12.4. The van der Waals surface area contributed by atoms with Gasteiger partial charge in [-0.25, -0.2) is 4.79 Å². The van der Waals surface area contributed by atoms with E-state index in [4.69, 9.17) is 24.4 Å². The first-order valence-electron chi connectivity index (χ1n) is 14.7. The van der Waals surface area contributed by atoms with Gasteiger partial charge in [-0.2, -0.15) is 0 Å². The van der Waals surface area contributed by atoms with E-state index in [1.165, 1.54) is 4.90 Å². The van der Waals surface area contributed by atoms with Crippen molar-refractivity contribution in [1.29, 1.82) is 0 Å². The summed E-state index contributed by atoms with van der Waals surface area (Å²) in [6.45, 7) is 16.1. The molecule has 2 saturated heterocycles.